The first kappa shape index (κ1) is 26.4. The van der Waals surface area contributed by atoms with Gasteiger partial charge in [0.25, 0.3) is 0 Å². The number of carbonyl (C=O) groups is 2. The number of aryl methyl sites for hydroxylation is 1. The van der Waals surface area contributed by atoms with Crippen LogP contribution in [0.15, 0.2) is 128 Å². The highest BCUT2D eigenvalue weighted by Crippen LogP contribution is 2.42. The lowest BCUT2D eigenvalue weighted by molar-refractivity contribution is -0.136. The van der Waals surface area contributed by atoms with E-state index in [0.717, 1.165) is 22.3 Å². The average molecular weight is 532 g/mol. The first-order chi connectivity index (χ1) is 19.6. The van der Waals surface area contributed by atoms with Gasteiger partial charge in [-0.15, -0.1) is 0 Å². The molecule has 200 valence electrons. The maximum absolute atomic E-state index is 13.1. The summed E-state index contributed by atoms with van der Waals surface area (Å²) < 4.78 is 7.44. The molecule has 0 aliphatic heterocycles. The van der Waals surface area contributed by atoms with Crippen molar-refractivity contribution < 1.29 is 19.4 Å². The molecule has 0 spiro atoms. The molecule has 1 heterocycles. The molecule has 0 fully saturated rings. The third-order valence-corrected chi connectivity index (χ3v) is 6.71. The number of carboxylic acid groups (broad SMARTS) is 1. The molecule has 1 amide bonds. The number of imidazole rings is 1. The molecule has 0 aliphatic carbocycles. The fourth-order valence-corrected chi connectivity index (χ4v) is 4.93. The normalized spacial score (nSPS) is 11.1. The highest BCUT2D eigenvalue weighted by molar-refractivity contribution is 5.83. The Morgan fingerprint density at radius 2 is 1.23 bits per heavy atom. The van der Waals surface area contributed by atoms with Gasteiger partial charge in [0.05, 0.1) is 12.1 Å². The number of amides is 1. The van der Waals surface area contributed by atoms with Crippen LogP contribution in [0.2, 0.25) is 0 Å². The van der Waals surface area contributed by atoms with Crippen LogP contribution in [0, 0.1) is 0 Å². The molecule has 5 rings (SSSR count). The molecular formula is C33H29N3O4. The number of nitrogens with zero attached hydrogens (tertiary/aromatic N) is 2. The number of carbonyl (C=O) groups excluding carboxylic acids is 1. The molecule has 0 saturated heterocycles. The monoisotopic (exact) mass is 531 g/mol. The van der Waals surface area contributed by atoms with Gasteiger partial charge in [-0.25, -0.2) is 9.78 Å². The lowest BCUT2D eigenvalue weighted by Gasteiger charge is -2.38. The molecule has 0 unspecified atom stereocenters. The topological polar surface area (TPSA) is 93.5 Å². The number of anilines is 1. The summed E-state index contributed by atoms with van der Waals surface area (Å²) in [6.07, 6.45) is 1.26. The van der Waals surface area contributed by atoms with Gasteiger partial charge in [0.2, 0.25) is 5.95 Å². The zero-order valence-electron chi connectivity index (χ0n) is 21.8. The van der Waals surface area contributed by atoms with Crippen molar-refractivity contribution in [2.24, 2.45) is 0 Å². The quantitative estimate of drug-likeness (QED) is 0.201. The third kappa shape index (κ3) is 5.63. The Bertz CT molecular complexity index is 1460. The lowest BCUT2D eigenvalue weighted by atomic mass is 9.76. The largest absolute Gasteiger partial charge is 0.481 e. The molecule has 7 heteroatoms. The zero-order valence-corrected chi connectivity index (χ0v) is 21.8. The van der Waals surface area contributed by atoms with Crippen molar-refractivity contribution in [1.82, 2.24) is 9.55 Å². The summed E-state index contributed by atoms with van der Waals surface area (Å²) in [7, 11) is 0. The summed E-state index contributed by atoms with van der Waals surface area (Å²) in [6, 6.07) is 39.3. The fraction of sp³-hybridized carbons (Fsp3) is 0.121. The molecule has 0 atom stereocenters. The minimum atomic E-state index is -0.944. The number of carboxylic acids is 1. The van der Waals surface area contributed by atoms with Gasteiger partial charge in [0.1, 0.15) is 12.1 Å². The van der Waals surface area contributed by atoms with Crippen LogP contribution in [0.4, 0.5) is 10.7 Å². The minimum Gasteiger partial charge on any atom is -0.481 e. The second-order valence-corrected chi connectivity index (χ2v) is 9.31. The molecule has 1 aromatic heterocycles. The summed E-state index contributed by atoms with van der Waals surface area (Å²) >= 11 is 0. The van der Waals surface area contributed by atoms with Crippen molar-refractivity contribution in [3.63, 3.8) is 0 Å². The third-order valence-electron chi connectivity index (χ3n) is 6.71. The maximum atomic E-state index is 13.1. The van der Waals surface area contributed by atoms with E-state index < -0.39 is 17.6 Å². The van der Waals surface area contributed by atoms with Crippen LogP contribution in [0.5, 0.6) is 0 Å². The van der Waals surface area contributed by atoms with Crippen LogP contribution in [-0.4, -0.2) is 26.7 Å². The van der Waals surface area contributed by atoms with Crippen molar-refractivity contribution in [3.05, 3.63) is 155 Å². The van der Waals surface area contributed by atoms with Crippen molar-refractivity contribution in [2.75, 3.05) is 5.32 Å². The first-order valence-corrected chi connectivity index (χ1v) is 13.0. The summed E-state index contributed by atoms with van der Waals surface area (Å²) in [5.74, 6) is -0.679. The van der Waals surface area contributed by atoms with Crippen molar-refractivity contribution in [1.29, 1.82) is 0 Å². The van der Waals surface area contributed by atoms with Gasteiger partial charge in [-0.2, -0.15) is 0 Å². The van der Waals surface area contributed by atoms with Crippen LogP contribution >= 0.6 is 0 Å². The molecular weight excluding hydrogens is 502 g/mol. The molecule has 4 aromatic carbocycles. The predicted molar refractivity (Wildman–Crippen MR) is 153 cm³/mol. The van der Waals surface area contributed by atoms with E-state index in [-0.39, 0.29) is 25.4 Å². The molecule has 5 aromatic rings. The number of nitrogens with one attached hydrogen (secondary N) is 1. The number of aliphatic carboxylic acids is 1. The van der Waals surface area contributed by atoms with E-state index in [9.17, 15) is 14.7 Å². The van der Waals surface area contributed by atoms with Crippen molar-refractivity contribution >= 4 is 18.0 Å². The summed E-state index contributed by atoms with van der Waals surface area (Å²) in [5.41, 5.74) is 3.27. The van der Waals surface area contributed by atoms with Gasteiger partial charge in [-0.05, 0) is 22.3 Å². The van der Waals surface area contributed by atoms with E-state index in [1.807, 2.05) is 132 Å². The summed E-state index contributed by atoms with van der Waals surface area (Å²) in [5, 5.41) is 12.2. The molecule has 0 bridgehead atoms. The molecule has 0 radical (unpaired) electrons. The van der Waals surface area contributed by atoms with E-state index in [0.29, 0.717) is 5.69 Å². The van der Waals surface area contributed by atoms with Crippen LogP contribution < -0.4 is 5.32 Å². The van der Waals surface area contributed by atoms with E-state index in [4.69, 9.17) is 9.72 Å². The number of aromatic nitrogens is 2. The Balaban J connectivity index is 1.67. The second kappa shape index (κ2) is 12.1. The Kier molecular flexibility index (Phi) is 8.02. The Morgan fingerprint density at radius 1 is 0.750 bits per heavy atom. The van der Waals surface area contributed by atoms with Crippen LogP contribution in [0.1, 0.15) is 34.4 Å². The number of hydrogen-bond acceptors (Lipinski definition) is 4. The highest BCUT2D eigenvalue weighted by Gasteiger charge is 2.40. The molecule has 2 N–H and O–H groups in total. The van der Waals surface area contributed by atoms with Crippen LogP contribution in [-0.2, 0) is 28.1 Å². The lowest BCUT2D eigenvalue weighted by Crippen LogP contribution is -2.38. The number of hydrogen-bond donors (Lipinski definition) is 2. The smallest absolute Gasteiger partial charge is 0.414 e. The van der Waals surface area contributed by atoms with Gasteiger partial charge in [0.15, 0.2) is 0 Å². The standard InChI is InChI=1S/C33H29N3O4/c37-30(38)22-21-29-23-36(31(34-29)35-32(39)40-24-25-13-5-1-6-14-25)33(26-15-7-2-8-16-26,27-17-9-3-10-18-27)28-19-11-4-12-20-28/h1-20,23H,21-22,24H2,(H,37,38)(H,34,35,39). The second-order valence-electron chi connectivity index (χ2n) is 9.31. The maximum Gasteiger partial charge on any atom is 0.414 e. The van der Waals surface area contributed by atoms with Gasteiger partial charge in [-0.3, -0.25) is 14.7 Å². The summed E-state index contributed by atoms with van der Waals surface area (Å²) in [4.78, 5) is 29.2. The Labute approximate surface area is 232 Å². The molecule has 0 saturated carbocycles. The van der Waals surface area contributed by atoms with E-state index in [1.165, 1.54) is 0 Å². The predicted octanol–water partition coefficient (Wildman–Crippen LogP) is 6.49. The Hall–Kier alpha value is -5.17. The molecule has 40 heavy (non-hydrogen) atoms. The highest BCUT2D eigenvalue weighted by atomic mass is 16.5. The first-order valence-electron chi connectivity index (χ1n) is 13.0. The molecule has 0 aliphatic rings. The van der Waals surface area contributed by atoms with E-state index in [2.05, 4.69) is 5.32 Å². The van der Waals surface area contributed by atoms with Crippen LogP contribution in [0.25, 0.3) is 0 Å². The average Bonchev–Trinajstić information content (AvgIpc) is 3.40. The fourth-order valence-electron chi connectivity index (χ4n) is 4.93. The van der Waals surface area contributed by atoms with E-state index in [1.54, 1.807) is 0 Å². The number of benzene rings is 4. The summed E-state index contributed by atoms with van der Waals surface area (Å²) in [6.45, 7) is 0.0977. The minimum absolute atomic E-state index is 0.0933. The zero-order chi connectivity index (χ0) is 27.8. The van der Waals surface area contributed by atoms with E-state index >= 15 is 0 Å². The SMILES string of the molecule is O=C(O)CCc1cn(C(c2ccccc2)(c2ccccc2)c2ccccc2)c(NC(=O)OCc2ccccc2)n1. The number of rotatable bonds is 10. The van der Waals surface area contributed by atoms with Gasteiger partial charge in [0, 0.05) is 12.6 Å². The van der Waals surface area contributed by atoms with Gasteiger partial charge < -0.3 is 9.84 Å². The van der Waals surface area contributed by atoms with Crippen LogP contribution in [0.3, 0.4) is 0 Å². The van der Waals surface area contributed by atoms with Gasteiger partial charge in [-0.1, -0.05) is 121 Å². The Morgan fingerprint density at radius 3 is 1.70 bits per heavy atom. The molecule has 7 nitrogen and oxygen atoms in total. The van der Waals surface area contributed by atoms with Crippen molar-refractivity contribution in [3.8, 4) is 0 Å². The van der Waals surface area contributed by atoms with Gasteiger partial charge >= 0.3 is 12.1 Å². The van der Waals surface area contributed by atoms with Crippen molar-refractivity contribution in [2.45, 2.75) is 25.0 Å². The number of ether oxygens (including phenoxy) is 1.